The van der Waals surface area contributed by atoms with Crippen LogP contribution in [0.25, 0.3) is 20.2 Å². The first-order valence-corrected chi connectivity index (χ1v) is 7.62. The second-order valence-electron chi connectivity index (χ2n) is 4.86. The fourth-order valence-electron chi connectivity index (χ4n) is 2.36. The van der Waals surface area contributed by atoms with E-state index < -0.39 is 0 Å². The second-order valence-corrected chi connectivity index (χ2v) is 5.91. The van der Waals surface area contributed by atoms with Gasteiger partial charge in [-0.05, 0) is 37.1 Å². The number of hydrogen-bond donors (Lipinski definition) is 0. The van der Waals surface area contributed by atoms with Crippen LogP contribution in [-0.4, -0.2) is 6.61 Å². The van der Waals surface area contributed by atoms with Crippen LogP contribution < -0.4 is 10.2 Å². The van der Waals surface area contributed by atoms with E-state index in [0.717, 1.165) is 37.9 Å². The van der Waals surface area contributed by atoms with Crippen LogP contribution in [0, 0.1) is 6.92 Å². The van der Waals surface area contributed by atoms with Gasteiger partial charge in [-0.1, -0.05) is 25.1 Å². The molecule has 0 unspecified atom stereocenters. The Morgan fingerprint density at radius 1 is 1.15 bits per heavy atom. The Morgan fingerprint density at radius 2 is 1.95 bits per heavy atom. The molecule has 0 bridgehead atoms. The van der Waals surface area contributed by atoms with Gasteiger partial charge in [-0.3, -0.25) is 4.79 Å². The number of hydrogen-bond acceptors (Lipinski definition) is 3. The Balaban J connectivity index is 2.40. The molecule has 0 fully saturated rings. The maximum Gasteiger partial charge on any atom is 0.196 e. The van der Waals surface area contributed by atoms with E-state index in [1.807, 2.05) is 43.3 Å². The quantitative estimate of drug-likeness (QED) is 0.661. The molecule has 3 aromatic rings. The van der Waals surface area contributed by atoms with E-state index in [0.29, 0.717) is 6.61 Å². The molecule has 0 amide bonds. The zero-order valence-electron chi connectivity index (χ0n) is 11.6. The fourth-order valence-corrected chi connectivity index (χ4v) is 3.58. The summed E-state index contributed by atoms with van der Waals surface area (Å²) in [5.41, 5.74) is 1.12. The van der Waals surface area contributed by atoms with Crippen molar-refractivity contribution in [3.05, 3.63) is 52.2 Å². The van der Waals surface area contributed by atoms with Crippen molar-refractivity contribution >= 4 is 31.5 Å². The molecule has 1 aromatic heterocycles. The van der Waals surface area contributed by atoms with E-state index in [1.54, 1.807) is 11.3 Å². The Kier molecular flexibility index (Phi) is 3.45. The van der Waals surface area contributed by atoms with Gasteiger partial charge < -0.3 is 4.74 Å². The minimum Gasteiger partial charge on any atom is -0.492 e. The minimum absolute atomic E-state index is 0.105. The predicted octanol–water partition coefficient (Wildman–Crippen LogP) is 4.51. The van der Waals surface area contributed by atoms with Crippen molar-refractivity contribution in [2.75, 3.05) is 6.61 Å². The molecule has 0 spiro atoms. The lowest BCUT2D eigenvalue weighted by Gasteiger charge is -2.10. The van der Waals surface area contributed by atoms with Crippen molar-refractivity contribution in [2.24, 2.45) is 0 Å². The summed E-state index contributed by atoms with van der Waals surface area (Å²) in [5.74, 6) is 0.820. The number of fused-ring (bicyclic) bond motifs is 2. The molecule has 0 aliphatic heterocycles. The Labute approximate surface area is 121 Å². The largest absolute Gasteiger partial charge is 0.492 e. The minimum atomic E-state index is 0.105. The molecule has 0 saturated heterocycles. The van der Waals surface area contributed by atoms with Crippen LogP contribution in [0.4, 0.5) is 0 Å². The average Bonchev–Trinajstić information content (AvgIpc) is 2.47. The highest BCUT2D eigenvalue weighted by atomic mass is 32.1. The van der Waals surface area contributed by atoms with Gasteiger partial charge >= 0.3 is 0 Å². The molecular weight excluding hydrogens is 268 g/mol. The SMILES string of the molecule is CCCOc1ccc(C)c2c(=O)c3ccccc3sc12. The molecule has 0 radical (unpaired) electrons. The predicted molar refractivity (Wildman–Crippen MR) is 86.1 cm³/mol. The van der Waals surface area contributed by atoms with Crippen LogP contribution in [0.3, 0.4) is 0 Å². The maximum absolute atomic E-state index is 12.7. The highest BCUT2D eigenvalue weighted by Crippen LogP contribution is 2.33. The second kappa shape index (κ2) is 5.25. The van der Waals surface area contributed by atoms with Crippen molar-refractivity contribution < 1.29 is 4.74 Å². The summed E-state index contributed by atoms with van der Waals surface area (Å²) in [7, 11) is 0. The van der Waals surface area contributed by atoms with E-state index in [-0.39, 0.29) is 5.43 Å². The lowest BCUT2D eigenvalue weighted by atomic mass is 10.1. The summed E-state index contributed by atoms with van der Waals surface area (Å²) in [6.07, 6.45) is 0.956. The topological polar surface area (TPSA) is 26.3 Å². The molecule has 0 saturated carbocycles. The first-order valence-electron chi connectivity index (χ1n) is 6.80. The molecule has 0 aliphatic rings. The van der Waals surface area contributed by atoms with Crippen LogP contribution in [-0.2, 0) is 0 Å². The summed E-state index contributed by atoms with van der Waals surface area (Å²) < 4.78 is 7.77. The van der Waals surface area contributed by atoms with Crippen LogP contribution >= 0.6 is 11.3 Å². The molecular formula is C17H16O2S. The molecule has 102 valence electrons. The summed E-state index contributed by atoms with van der Waals surface area (Å²) in [6, 6.07) is 11.7. The summed E-state index contributed by atoms with van der Waals surface area (Å²) in [6.45, 7) is 4.73. The van der Waals surface area contributed by atoms with Gasteiger partial charge in [0.25, 0.3) is 0 Å². The Bertz CT molecular complexity index is 833. The van der Waals surface area contributed by atoms with Gasteiger partial charge in [0, 0.05) is 15.5 Å². The third kappa shape index (κ3) is 2.08. The van der Waals surface area contributed by atoms with E-state index in [2.05, 4.69) is 6.92 Å². The molecule has 2 nitrogen and oxygen atoms in total. The summed E-state index contributed by atoms with van der Waals surface area (Å²) in [5, 5.41) is 1.59. The van der Waals surface area contributed by atoms with Gasteiger partial charge in [0.15, 0.2) is 5.43 Å². The van der Waals surface area contributed by atoms with Crippen molar-refractivity contribution in [3.63, 3.8) is 0 Å². The molecule has 3 heteroatoms. The number of rotatable bonds is 3. The van der Waals surface area contributed by atoms with Crippen LogP contribution in [0.1, 0.15) is 18.9 Å². The van der Waals surface area contributed by atoms with Crippen molar-refractivity contribution in [1.29, 1.82) is 0 Å². The van der Waals surface area contributed by atoms with Crippen molar-refractivity contribution in [1.82, 2.24) is 0 Å². The number of benzene rings is 2. The zero-order chi connectivity index (χ0) is 14.1. The lowest BCUT2D eigenvalue weighted by molar-refractivity contribution is 0.321. The molecule has 2 aromatic carbocycles. The van der Waals surface area contributed by atoms with Crippen LogP contribution in [0.2, 0.25) is 0 Å². The standard InChI is InChI=1S/C17H16O2S/c1-3-10-19-13-9-8-11(2)15-16(18)12-6-4-5-7-14(12)20-17(13)15/h4-9H,3,10H2,1-2H3. The van der Waals surface area contributed by atoms with E-state index in [4.69, 9.17) is 4.74 Å². The average molecular weight is 284 g/mol. The lowest BCUT2D eigenvalue weighted by Crippen LogP contribution is -2.04. The monoisotopic (exact) mass is 284 g/mol. The van der Waals surface area contributed by atoms with Gasteiger partial charge in [-0.25, -0.2) is 0 Å². The van der Waals surface area contributed by atoms with Gasteiger partial charge in [0.05, 0.1) is 11.3 Å². The van der Waals surface area contributed by atoms with Gasteiger partial charge in [0.1, 0.15) is 5.75 Å². The van der Waals surface area contributed by atoms with E-state index >= 15 is 0 Å². The normalized spacial score (nSPS) is 11.1. The fraction of sp³-hybridized carbons (Fsp3) is 0.235. The highest BCUT2D eigenvalue weighted by Gasteiger charge is 2.12. The molecule has 0 aliphatic carbocycles. The molecule has 0 atom stereocenters. The van der Waals surface area contributed by atoms with Crippen molar-refractivity contribution in [3.8, 4) is 5.75 Å². The molecule has 0 N–H and O–H groups in total. The van der Waals surface area contributed by atoms with Gasteiger partial charge in [0.2, 0.25) is 0 Å². The first kappa shape index (κ1) is 13.1. The smallest absolute Gasteiger partial charge is 0.196 e. The number of aryl methyl sites for hydroxylation is 1. The summed E-state index contributed by atoms with van der Waals surface area (Å²) >= 11 is 1.63. The van der Waals surface area contributed by atoms with Gasteiger partial charge in [-0.2, -0.15) is 0 Å². The van der Waals surface area contributed by atoms with Crippen LogP contribution in [0.5, 0.6) is 5.75 Å². The molecule has 20 heavy (non-hydrogen) atoms. The van der Waals surface area contributed by atoms with E-state index in [9.17, 15) is 4.79 Å². The Morgan fingerprint density at radius 3 is 2.75 bits per heavy atom. The maximum atomic E-state index is 12.7. The first-order chi connectivity index (χ1) is 9.72. The van der Waals surface area contributed by atoms with E-state index in [1.165, 1.54) is 0 Å². The third-order valence-corrected chi connectivity index (χ3v) is 4.55. The number of ether oxygens (including phenoxy) is 1. The summed E-state index contributed by atoms with van der Waals surface area (Å²) in [4.78, 5) is 12.7. The Hall–Kier alpha value is -1.87. The van der Waals surface area contributed by atoms with Gasteiger partial charge in [-0.15, -0.1) is 11.3 Å². The van der Waals surface area contributed by atoms with Crippen molar-refractivity contribution in [2.45, 2.75) is 20.3 Å². The molecule has 1 heterocycles. The highest BCUT2D eigenvalue weighted by molar-refractivity contribution is 7.24. The molecule has 3 rings (SSSR count). The third-order valence-electron chi connectivity index (χ3n) is 3.36. The zero-order valence-corrected chi connectivity index (χ0v) is 12.4. The van der Waals surface area contributed by atoms with Crippen LogP contribution in [0.15, 0.2) is 41.2 Å².